The Morgan fingerprint density at radius 3 is 2.87 bits per heavy atom. The van der Waals surface area contributed by atoms with Gasteiger partial charge in [-0.25, -0.2) is 4.98 Å². The van der Waals surface area contributed by atoms with Crippen molar-refractivity contribution in [1.29, 1.82) is 0 Å². The fraction of sp³-hybridized carbons (Fsp3) is 0.176. The molecular weight excluding hydrogens is 354 g/mol. The van der Waals surface area contributed by atoms with Crippen molar-refractivity contribution >= 4 is 38.6 Å². The van der Waals surface area contributed by atoms with E-state index < -0.39 is 0 Å². The summed E-state index contributed by atoms with van der Waals surface area (Å²) in [6.45, 7) is 2.57. The van der Waals surface area contributed by atoms with Crippen molar-refractivity contribution in [2.75, 3.05) is 11.1 Å². The molecule has 1 aromatic heterocycles. The van der Waals surface area contributed by atoms with Gasteiger partial charge in [0.25, 0.3) is 0 Å². The normalized spacial score (nSPS) is 13.3. The second-order valence-corrected chi connectivity index (χ2v) is 6.57. The molecule has 0 unspecified atom stereocenters. The number of halogens is 1. The number of nitrogens with one attached hydrogen (secondary N) is 2. The Morgan fingerprint density at radius 1 is 1.09 bits per heavy atom. The molecule has 2 heterocycles. The van der Waals surface area contributed by atoms with Crippen molar-refractivity contribution in [3.8, 4) is 0 Å². The van der Waals surface area contributed by atoms with Gasteiger partial charge in [0.2, 0.25) is 5.95 Å². The van der Waals surface area contributed by atoms with Crippen LogP contribution in [0.25, 0.3) is 10.9 Å². The Morgan fingerprint density at radius 2 is 1.96 bits per heavy atom. The Labute approximate surface area is 142 Å². The highest BCUT2D eigenvalue weighted by atomic mass is 79.9. The number of nitrogens with zero attached hydrogens (tertiary/aromatic N) is 2. The Balaban J connectivity index is 1.58. The van der Waals surface area contributed by atoms with E-state index >= 15 is 0 Å². The fourth-order valence-electron chi connectivity index (χ4n) is 2.85. The van der Waals surface area contributed by atoms with Crippen LogP contribution >= 0.6 is 15.9 Å². The zero-order valence-corrected chi connectivity index (χ0v) is 14.0. The highest BCUT2D eigenvalue weighted by molar-refractivity contribution is 9.10. The average Bonchev–Trinajstić information content (AvgIpc) is 3.00. The van der Waals surface area contributed by atoms with E-state index in [9.17, 15) is 0 Å². The Kier molecular flexibility index (Phi) is 3.63. The molecule has 23 heavy (non-hydrogen) atoms. The number of hydrogen-bond donors (Lipinski definition) is 3. The first-order valence-corrected chi connectivity index (χ1v) is 8.26. The summed E-state index contributed by atoms with van der Waals surface area (Å²) >= 11 is 3.46. The molecule has 0 saturated carbocycles. The van der Waals surface area contributed by atoms with Crippen LogP contribution in [-0.4, -0.2) is 9.97 Å². The first kappa shape index (κ1) is 14.4. The first-order chi connectivity index (χ1) is 11.2. The van der Waals surface area contributed by atoms with Gasteiger partial charge in [0.05, 0.1) is 5.52 Å². The fourth-order valence-corrected chi connectivity index (χ4v) is 3.19. The molecule has 0 amide bonds. The van der Waals surface area contributed by atoms with Crippen LogP contribution in [0.1, 0.15) is 16.7 Å². The molecule has 0 spiro atoms. The maximum absolute atomic E-state index is 6.04. The highest BCUT2D eigenvalue weighted by Gasteiger charge is 2.10. The summed E-state index contributed by atoms with van der Waals surface area (Å²) in [5.74, 6) is 1.04. The minimum Gasteiger partial charge on any atom is -0.383 e. The molecule has 1 aliphatic rings. The first-order valence-electron chi connectivity index (χ1n) is 7.47. The van der Waals surface area contributed by atoms with Crippen molar-refractivity contribution in [3.05, 3.63) is 57.6 Å². The van der Waals surface area contributed by atoms with E-state index in [0.717, 1.165) is 28.5 Å². The molecule has 6 heteroatoms. The molecule has 116 valence electrons. The lowest BCUT2D eigenvalue weighted by Gasteiger charge is -2.09. The maximum Gasteiger partial charge on any atom is 0.225 e. The minimum atomic E-state index is 0.489. The van der Waals surface area contributed by atoms with Crippen LogP contribution in [-0.2, 0) is 19.6 Å². The van der Waals surface area contributed by atoms with Crippen LogP contribution < -0.4 is 16.4 Å². The van der Waals surface area contributed by atoms with Gasteiger partial charge in [0.15, 0.2) is 0 Å². The predicted molar refractivity (Wildman–Crippen MR) is 96.0 cm³/mol. The SMILES string of the molecule is Nc1nc(NCc2ccc3c(c2)CNC3)nc2cc(Br)ccc12. The quantitative estimate of drug-likeness (QED) is 0.660. The van der Waals surface area contributed by atoms with E-state index in [1.807, 2.05) is 18.2 Å². The minimum absolute atomic E-state index is 0.489. The van der Waals surface area contributed by atoms with Crippen LogP contribution in [0.4, 0.5) is 11.8 Å². The summed E-state index contributed by atoms with van der Waals surface area (Å²) in [4.78, 5) is 8.89. The molecule has 0 saturated heterocycles. The van der Waals surface area contributed by atoms with Crippen LogP contribution in [0.3, 0.4) is 0 Å². The van der Waals surface area contributed by atoms with Crippen molar-refractivity contribution in [3.63, 3.8) is 0 Å². The Hall–Kier alpha value is -2.18. The molecule has 0 aliphatic carbocycles. The van der Waals surface area contributed by atoms with E-state index in [0.29, 0.717) is 18.3 Å². The third-order valence-electron chi connectivity index (χ3n) is 4.04. The molecule has 5 nitrogen and oxygen atoms in total. The van der Waals surface area contributed by atoms with Gasteiger partial charge in [0, 0.05) is 29.5 Å². The second kappa shape index (κ2) is 5.79. The molecule has 0 fully saturated rings. The maximum atomic E-state index is 6.04. The molecule has 2 aromatic carbocycles. The van der Waals surface area contributed by atoms with Crippen molar-refractivity contribution < 1.29 is 0 Å². The molecule has 0 atom stereocenters. The number of rotatable bonds is 3. The van der Waals surface area contributed by atoms with Gasteiger partial charge < -0.3 is 16.4 Å². The molecular formula is C17H16BrN5. The van der Waals surface area contributed by atoms with E-state index in [1.165, 1.54) is 16.7 Å². The lowest BCUT2D eigenvalue weighted by atomic mass is 10.1. The summed E-state index contributed by atoms with van der Waals surface area (Å²) in [7, 11) is 0. The van der Waals surface area contributed by atoms with Crippen LogP contribution in [0.2, 0.25) is 0 Å². The van der Waals surface area contributed by atoms with E-state index in [-0.39, 0.29) is 0 Å². The van der Waals surface area contributed by atoms with Gasteiger partial charge in [-0.15, -0.1) is 0 Å². The number of benzene rings is 2. The lowest BCUT2D eigenvalue weighted by Crippen LogP contribution is -2.06. The summed E-state index contributed by atoms with van der Waals surface area (Å²) in [5.41, 5.74) is 10.8. The summed E-state index contributed by atoms with van der Waals surface area (Å²) in [6, 6.07) is 12.3. The Bertz CT molecular complexity index is 894. The van der Waals surface area contributed by atoms with Gasteiger partial charge in [-0.3, -0.25) is 0 Å². The molecule has 3 aromatic rings. The number of fused-ring (bicyclic) bond motifs is 2. The van der Waals surface area contributed by atoms with Crippen molar-refractivity contribution in [2.24, 2.45) is 0 Å². The zero-order valence-electron chi connectivity index (χ0n) is 12.4. The monoisotopic (exact) mass is 369 g/mol. The summed E-state index contributed by atoms with van der Waals surface area (Å²) < 4.78 is 0.972. The number of anilines is 2. The van der Waals surface area contributed by atoms with Gasteiger partial charge >= 0.3 is 0 Å². The third kappa shape index (κ3) is 2.87. The molecule has 4 rings (SSSR count). The number of nitrogens with two attached hydrogens (primary N) is 1. The average molecular weight is 370 g/mol. The van der Waals surface area contributed by atoms with Crippen LogP contribution in [0, 0.1) is 0 Å². The standard InChI is InChI=1S/C17H16BrN5/c18-13-3-4-14-15(6-13)22-17(23-16(14)19)21-7-10-1-2-11-8-20-9-12(11)5-10/h1-6,20H,7-9H2,(H3,19,21,22,23). The number of aromatic nitrogens is 2. The van der Waals surface area contributed by atoms with Gasteiger partial charge in [0.1, 0.15) is 5.82 Å². The smallest absolute Gasteiger partial charge is 0.225 e. The van der Waals surface area contributed by atoms with E-state index in [2.05, 4.69) is 54.7 Å². The lowest BCUT2D eigenvalue weighted by molar-refractivity contribution is 0.764. The topological polar surface area (TPSA) is 75.9 Å². The summed E-state index contributed by atoms with van der Waals surface area (Å²) in [6.07, 6.45) is 0. The van der Waals surface area contributed by atoms with Crippen molar-refractivity contribution in [1.82, 2.24) is 15.3 Å². The molecule has 4 N–H and O–H groups in total. The third-order valence-corrected chi connectivity index (χ3v) is 4.53. The van der Waals surface area contributed by atoms with Gasteiger partial charge in [-0.2, -0.15) is 4.98 Å². The number of hydrogen-bond acceptors (Lipinski definition) is 5. The van der Waals surface area contributed by atoms with Crippen LogP contribution in [0.15, 0.2) is 40.9 Å². The zero-order chi connectivity index (χ0) is 15.8. The van der Waals surface area contributed by atoms with Crippen LogP contribution in [0.5, 0.6) is 0 Å². The largest absolute Gasteiger partial charge is 0.383 e. The van der Waals surface area contributed by atoms with Gasteiger partial charge in [-0.1, -0.05) is 34.1 Å². The predicted octanol–water partition coefficient (Wildman–Crippen LogP) is 3.19. The molecule has 0 bridgehead atoms. The van der Waals surface area contributed by atoms with Gasteiger partial charge in [-0.05, 0) is 34.9 Å². The second-order valence-electron chi connectivity index (χ2n) is 5.65. The van der Waals surface area contributed by atoms with Crippen molar-refractivity contribution in [2.45, 2.75) is 19.6 Å². The van der Waals surface area contributed by atoms with E-state index in [1.54, 1.807) is 0 Å². The molecule has 1 aliphatic heterocycles. The number of nitrogen functional groups attached to an aromatic ring is 1. The molecule has 0 radical (unpaired) electrons. The summed E-state index contributed by atoms with van der Waals surface area (Å²) in [5, 5.41) is 7.49. The highest BCUT2D eigenvalue weighted by Crippen LogP contribution is 2.23. The van der Waals surface area contributed by atoms with E-state index in [4.69, 9.17) is 5.73 Å².